The van der Waals surface area contributed by atoms with Crippen LogP contribution in [0.25, 0.3) is 0 Å². The van der Waals surface area contributed by atoms with E-state index in [0.717, 1.165) is 4.57 Å². The van der Waals surface area contributed by atoms with Crippen molar-refractivity contribution in [3.63, 3.8) is 0 Å². The topological polar surface area (TPSA) is 151 Å². The summed E-state index contributed by atoms with van der Waals surface area (Å²) in [6.07, 6.45) is -1.78. The lowest BCUT2D eigenvalue weighted by Crippen LogP contribution is -2.60. The van der Waals surface area contributed by atoms with Crippen molar-refractivity contribution < 1.29 is 24.1 Å². The Hall–Kier alpha value is -2.83. The lowest BCUT2D eigenvalue weighted by molar-refractivity contribution is -0.152. The van der Waals surface area contributed by atoms with Crippen LogP contribution in [0.15, 0.2) is 22.0 Å². The second kappa shape index (κ2) is 8.27. The average Bonchev–Trinajstić information content (AvgIpc) is 3.06. The number of H-pyrrole nitrogens is 1. The number of ether oxygens (including phenoxy) is 1. The number of halogens is 1. The minimum atomic E-state index is -1.46. The second-order valence-electron chi connectivity index (χ2n) is 6.78. The normalized spacial score (nSPS) is 24.4. The summed E-state index contributed by atoms with van der Waals surface area (Å²) in [5, 5.41) is 27.4. The summed E-state index contributed by atoms with van der Waals surface area (Å²) in [6.45, 7) is 3.78. The van der Waals surface area contributed by atoms with Gasteiger partial charge in [0.25, 0.3) is 11.5 Å². The summed E-state index contributed by atoms with van der Waals surface area (Å²) in [6, 6.07) is -0.901. The predicted octanol–water partition coefficient (Wildman–Crippen LogP) is -1.88. The van der Waals surface area contributed by atoms with Crippen LogP contribution in [0.1, 0.15) is 23.0 Å². The van der Waals surface area contributed by atoms with Crippen LogP contribution in [0.4, 0.5) is 4.39 Å². The lowest BCUT2D eigenvalue weighted by Gasteiger charge is -2.38. The van der Waals surface area contributed by atoms with Crippen LogP contribution >= 0.6 is 0 Å². The molecule has 0 saturated carbocycles. The van der Waals surface area contributed by atoms with Gasteiger partial charge in [-0.2, -0.15) is 9.49 Å². The van der Waals surface area contributed by atoms with Gasteiger partial charge in [0.05, 0.1) is 37.2 Å². The van der Waals surface area contributed by atoms with Gasteiger partial charge in [-0.1, -0.05) is 0 Å². The van der Waals surface area contributed by atoms with Gasteiger partial charge in [-0.05, 0) is 13.8 Å². The minimum Gasteiger partial charge on any atom is -0.388 e. The standard InChI is InChI=1S/C17H22FN5O6/c1-3-23-8(2)9(4-19-23)15(26)20-11-7-29-12(14(25)13(11)24)6-22-5-10(18)16(27)21-17(22)28/h4-5,11-14,24-25H,3,6-7H2,1-2H3,(H,20,26)(H,21,27,28)/t11-,12-,13+,14-/m1/s1. The number of nitrogens with one attached hydrogen (secondary N) is 2. The van der Waals surface area contributed by atoms with Gasteiger partial charge in [-0.15, -0.1) is 0 Å². The first-order valence-electron chi connectivity index (χ1n) is 9.03. The summed E-state index contributed by atoms with van der Waals surface area (Å²) in [4.78, 5) is 37.1. The summed E-state index contributed by atoms with van der Waals surface area (Å²) in [7, 11) is 0. The van der Waals surface area contributed by atoms with Crippen LogP contribution in [-0.2, 0) is 17.8 Å². The average molecular weight is 411 g/mol. The van der Waals surface area contributed by atoms with Gasteiger partial charge in [0.2, 0.25) is 5.82 Å². The summed E-state index contributed by atoms with van der Waals surface area (Å²) in [5.41, 5.74) is -1.03. The fourth-order valence-electron chi connectivity index (χ4n) is 3.22. The van der Waals surface area contributed by atoms with Crippen molar-refractivity contribution >= 4 is 5.91 Å². The second-order valence-corrected chi connectivity index (χ2v) is 6.78. The Labute approximate surface area is 163 Å². The number of hydrogen-bond donors (Lipinski definition) is 4. The molecular formula is C17H22FN5O6. The van der Waals surface area contributed by atoms with Crippen molar-refractivity contribution in [3.05, 3.63) is 50.3 Å². The minimum absolute atomic E-state index is 0.143. The van der Waals surface area contributed by atoms with E-state index in [1.165, 1.54) is 6.20 Å². The van der Waals surface area contributed by atoms with Gasteiger partial charge in [0.15, 0.2) is 0 Å². The van der Waals surface area contributed by atoms with Gasteiger partial charge in [0, 0.05) is 12.2 Å². The molecule has 1 aliphatic heterocycles. The molecule has 12 heteroatoms. The highest BCUT2D eigenvalue weighted by Crippen LogP contribution is 2.18. The number of nitrogens with zero attached hydrogens (tertiary/aromatic N) is 3. The summed E-state index contributed by atoms with van der Waals surface area (Å²) in [5.74, 6) is -1.64. The summed E-state index contributed by atoms with van der Waals surface area (Å²) >= 11 is 0. The third-order valence-electron chi connectivity index (χ3n) is 4.94. The highest BCUT2D eigenvalue weighted by molar-refractivity contribution is 5.95. The van der Waals surface area contributed by atoms with Crippen molar-refractivity contribution in [1.29, 1.82) is 0 Å². The zero-order chi connectivity index (χ0) is 21.3. The van der Waals surface area contributed by atoms with Crippen LogP contribution in [0.2, 0.25) is 0 Å². The Morgan fingerprint density at radius 3 is 2.79 bits per heavy atom. The predicted molar refractivity (Wildman–Crippen MR) is 96.9 cm³/mol. The molecule has 2 aromatic rings. The van der Waals surface area contributed by atoms with Gasteiger partial charge < -0.3 is 20.3 Å². The third-order valence-corrected chi connectivity index (χ3v) is 4.94. The van der Waals surface area contributed by atoms with Gasteiger partial charge >= 0.3 is 5.69 Å². The highest BCUT2D eigenvalue weighted by atomic mass is 19.1. The van der Waals surface area contributed by atoms with Crippen LogP contribution < -0.4 is 16.6 Å². The van der Waals surface area contributed by atoms with E-state index in [4.69, 9.17) is 4.74 Å². The van der Waals surface area contributed by atoms with E-state index in [1.54, 1.807) is 16.6 Å². The number of aliphatic hydroxyl groups excluding tert-OH is 2. The molecule has 0 spiro atoms. The Kier molecular flexibility index (Phi) is 5.96. The Balaban J connectivity index is 1.67. The number of rotatable bonds is 5. The number of carbonyl (C=O) groups excluding carboxylic acids is 1. The number of aliphatic hydroxyl groups is 2. The SMILES string of the molecule is CCn1ncc(C(=O)N[C@@H]2CO[C@H](Cn3cc(F)c(=O)[nH]c3=O)[C@@H](O)[C@H]2O)c1C. The molecule has 0 bridgehead atoms. The molecule has 0 aliphatic carbocycles. The number of hydrogen-bond acceptors (Lipinski definition) is 7. The van der Waals surface area contributed by atoms with Crippen LogP contribution in [0.3, 0.4) is 0 Å². The molecule has 158 valence electrons. The largest absolute Gasteiger partial charge is 0.388 e. The van der Waals surface area contributed by atoms with Gasteiger partial charge in [0.1, 0.15) is 18.3 Å². The maximum Gasteiger partial charge on any atom is 0.328 e. The van der Waals surface area contributed by atoms with E-state index in [1.807, 2.05) is 6.92 Å². The Bertz CT molecular complexity index is 1010. The van der Waals surface area contributed by atoms with E-state index in [2.05, 4.69) is 10.4 Å². The number of amides is 1. The molecule has 1 fully saturated rings. The molecule has 2 aromatic heterocycles. The smallest absolute Gasteiger partial charge is 0.328 e. The number of aryl methyl sites for hydroxylation is 1. The molecule has 0 radical (unpaired) electrons. The van der Waals surface area contributed by atoms with Gasteiger partial charge in [-0.3, -0.25) is 23.8 Å². The third kappa shape index (κ3) is 4.13. The van der Waals surface area contributed by atoms with Crippen molar-refractivity contribution in [1.82, 2.24) is 24.6 Å². The molecule has 11 nitrogen and oxygen atoms in total. The fraction of sp³-hybridized carbons (Fsp3) is 0.529. The van der Waals surface area contributed by atoms with E-state index in [9.17, 15) is 29.0 Å². The molecule has 0 aromatic carbocycles. The first-order valence-corrected chi connectivity index (χ1v) is 9.03. The molecule has 1 amide bonds. The highest BCUT2D eigenvalue weighted by Gasteiger charge is 2.39. The quantitative estimate of drug-likeness (QED) is 0.449. The lowest BCUT2D eigenvalue weighted by atomic mass is 9.97. The van der Waals surface area contributed by atoms with Crippen LogP contribution in [0.5, 0.6) is 0 Å². The van der Waals surface area contributed by atoms with Crippen molar-refractivity contribution in [2.24, 2.45) is 0 Å². The molecule has 0 unspecified atom stereocenters. The molecule has 4 N–H and O–H groups in total. The maximum atomic E-state index is 13.4. The van der Waals surface area contributed by atoms with Crippen molar-refractivity contribution in [3.8, 4) is 0 Å². The van der Waals surface area contributed by atoms with Crippen molar-refractivity contribution in [2.75, 3.05) is 6.61 Å². The van der Waals surface area contributed by atoms with Crippen molar-refractivity contribution in [2.45, 2.75) is 51.3 Å². The number of carbonyl (C=O) groups is 1. The fourth-order valence-corrected chi connectivity index (χ4v) is 3.22. The van der Waals surface area contributed by atoms with Crippen LogP contribution in [-0.4, -0.2) is 66.4 Å². The number of aromatic nitrogens is 4. The maximum absolute atomic E-state index is 13.4. The molecule has 4 atom stereocenters. The summed E-state index contributed by atoms with van der Waals surface area (Å²) < 4.78 is 21.4. The molecule has 3 rings (SSSR count). The van der Waals surface area contributed by atoms with Crippen LogP contribution in [0, 0.1) is 12.7 Å². The van der Waals surface area contributed by atoms with E-state index in [-0.39, 0.29) is 13.2 Å². The van der Waals surface area contributed by atoms with Gasteiger partial charge in [-0.25, -0.2) is 4.79 Å². The molecule has 29 heavy (non-hydrogen) atoms. The monoisotopic (exact) mass is 411 g/mol. The first kappa shape index (κ1) is 20.9. The van der Waals surface area contributed by atoms with E-state index < -0.39 is 47.3 Å². The molecule has 3 heterocycles. The van der Waals surface area contributed by atoms with E-state index >= 15 is 0 Å². The zero-order valence-electron chi connectivity index (χ0n) is 15.8. The molecular weight excluding hydrogens is 389 g/mol. The van der Waals surface area contributed by atoms with E-state index in [0.29, 0.717) is 24.0 Å². The Morgan fingerprint density at radius 2 is 2.14 bits per heavy atom. The first-order chi connectivity index (χ1) is 13.7. The molecule has 1 saturated heterocycles. The zero-order valence-corrected chi connectivity index (χ0v) is 15.8. The Morgan fingerprint density at radius 1 is 1.41 bits per heavy atom. The molecule has 1 aliphatic rings. The number of aromatic amines is 1.